The van der Waals surface area contributed by atoms with Gasteiger partial charge in [0.05, 0.1) is 9.79 Å². The van der Waals surface area contributed by atoms with Crippen LogP contribution in [-0.4, -0.2) is 18.9 Å². The fraction of sp³-hybridized carbons (Fsp3) is 0.125. The van der Waals surface area contributed by atoms with Crippen molar-refractivity contribution >= 4 is 32.3 Å². The Hall–Kier alpha value is -3.38. The first-order chi connectivity index (χ1) is 14.5. The van der Waals surface area contributed by atoms with Crippen LogP contribution in [0.4, 0.5) is 5.69 Å². The third kappa shape index (κ3) is 3.74. The summed E-state index contributed by atoms with van der Waals surface area (Å²) in [6.07, 6.45) is 2.36. The number of carbonyl (C=O) groups is 1. The average Bonchev–Trinajstić information content (AvgIpc) is 3.14. The fourth-order valence-electron chi connectivity index (χ4n) is 3.58. The van der Waals surface area contributed by atoms with Crippen LogP contribution in [0.5, 0.6) is 0 Å². The van der Waals surface area contributed by atoms with Crippen molar-refractivity contribution in [3.05, 3.63) is 90.6 Å². The maximum Gasteiger partial charge on any atom is 0.244 e. The predicted octanol–water partition coefficient (Wildman–Crippen LogP) is 4.68. The van der Waals surface area contributed by atoms with Gasteiger partial charge >= 0.3 is 0 Å². The second-order valence-electron chi connectivity index (χ2n) is 7.01. The molecule has 0 saturated heterocycles. The molecule has 152 valence electrons. The highest BCUT2D eigenvalue weighted by Gasteiger charge is 2.23. The first-order valence-electron chi connectivity index (χ1n) is 9.76. The van der Waals surface area contributed by atoms with Crippen LogP contribution in [0.3, 0.4) is 0 Å². The molecule has 30 heavy (non-hydrogen) atoms. The number of benzene rings is 3. The standard InChI is InChI=1S/C24H22N2O3S/c1-2-18-10-6-8-14-21(18)25-24(27)17-26-16-23(20-13-7-9-15-22(20)26)30(28,29)19-11-4-3-5-12-19/h3-16H,2,17H2,1H3,(H,25,27). The van der Waals surface area contributed by atoms with Crippen LogP contribution in [0, 0.1) is 0 Å². The molecule has 0 fully saturated rings. The number of aromatic nitrogens is 1. The molecule has 1 heterocycles. The number of anilines is 1. The quantitative estimate of drug-likeness (QED) is 0.495. The van der Waals surface area contributed by atoms with Gasteiger partial charge in [-0.1, -0.05) is 61.5 Å². The normalized spacial score (nSPS) is 11.5. The van der Waals surface area contributed by atoms with E-state index in [1.54, 1.807) is 53.2 Å². The number of nitrogens with zero attached hydrogens (tertiary/aromatic N) is 1. The molecule has 0 aliphatic heterocycles. The SMILES string of the molecule is CCc1ccccc1NC(=O)Cn1cc(S(=O)(=O)c2ccccc2)c2ccccc21. The number of hydrogen-bond acceptors (Lipinski definition) is 3. The Labute approximate surface area is 175 Å². The van der Waals surface area contributed by atoms with E-state index < -0.39 is 9.84 Å². The van der Waals surface area contributed by atoms with E-state index in [2.05, 4.69) is 5.32 Å². The summed E-state index contributed by atoms with van der Waals surface area (Å²) >= 11 is 0. The second kappa shape index (κ2) is 8.16. The number of carbonyl (C=O) groups excluding carboxylic acids is 1. The maximum atomic E-state index is 13.2. The molecule has 0 unspecified atom stereocenters. The van der Waals surface area contributed by atoms with Gasteiger partial charge in [0.2, 0.25) is 15.7 Å². The highest BCUT2D eigenvalue weighted by atomic mass is 32.2. The molecule has 4 aromatic rings. The number of hydrogen-bond donors (Lipinski definition) is 1. The lowest BCUT2D eigenvalue weighted by molar-refractivity contribution is -0.116. The van der Waals surface area contributed by atoms with Crippen molar-refractivity contribution in [3.63, 3.8) is 0 Å². The Bertz CT molecular complexity index is 1310. The molecule has 6 heteroatoms. The molecule has 1 amide bonds. The Kier molecular flexibility index (Phi) is 5.42. The zero-order chi connectivity index (χ0) is 21.1. The Balaban J connectivity index is 1.70. The highest BCUT2D eigenvalue weighted by molar-refractivity contribution is 7.91. The van der Waals surface area contributed by atoms with Gasteiger partial charge < -0.3 is 9.88 Å². The van der Waals surface area contributed by atoms with Crippen molar-refractivity contribution < 1.29 is 13.2 Å². The Morgan fingerprint density at radius 3 is 2.33 bits per heavy atom. The molecule has 1 aromatic heterocycles. The van der Waals surface area contributed by atoms with E-state index in [0.717, 1.165) is 17.7 Å². The van der Waals surface area contributed by atoms with Crippen LogP contribution < -0.4 is 5.32 Å². The van der Waals surface area contributed by atoms with E-state index in [1.807, 2.05) is 43.3 Å². The van der Waals surface area contributed by atoms with Crippen molar-refractivity contribution in [3.8, 4) is 0 Å². The maximum absolute atomic E-state index is 13.2. The third-order valence-corrected chi connectivity index (χ3v) is 6.88. The van der Waals surface area contributed by atoms with E-state index in [9.17, 15) is 13.2 Å². The average molecular weight is 419 g/mol. The minimum absolute atomic E-state index is 0.0167. The lowest BCUT2D eigenvalue weighted by Gasteiger charge is -2.10. The van der Waals surface area contributed by atoms with Gasteiger partial charge in [-0.3, -0.25) is 4.79 Å². The van der Waals surface area contributed by atoms with Crippen LogP contribution >= 0.6 is 0 Å². The van der Waals surface area contributed by atoms with Crippen molar-refractivity contribution in [2.75, 3.05) is 5.32 Å². The van der Waals surface area contributed by atoms with E-state index in [4.69, 9.17) is 0 Å². The predicted molar refractivity (Wildman–Crippen MR) is 118 cm³/mol. The third-order valence-electron chi connectivity index (χ3n) is 5.08. The van der Waals surface area contributed by atoms with Crippen molar-refractivity contribution in [2.24, 2.45) is 0 Å². The van der Waals surface area contributed by atoms with Gasteiger partial charge in [-0.15, -0.1) is 0 Å². The monoisotopic (exact) mass is 418 g/mol. The molecule has 1 N–H and O–H groups in total. The van der Waals surface area contributed by atoms with Gasteiger partial charge in [0.25, 0.3) is 0 Å². The van der Waals surface area contributed by atoms with Crippen molar-refractivity contribution in [1.29, 1.82) is 0 Å². The minimum Gasteiger partial charge on any atom is -0.337 e. The summed E-state index contributed by atoms with van der Waals surface area (Å²) in [6, 6.07) is 23.2. The highest BCUT2D eigenvalue weighted by Crippen LogP contribution is 2.30. The van der Waals surface area contributed by atoms with Gasteiger partial charge in [-0.05, 0) is 36.2 Å². The molecule has 0 aliphatic rings. The second-order valence-corrected chi connectivity index (χ2v) is 8.93. The molecule has 5 nitrogen and oxygen atoms in total. The van der Waals surface area contributed by atoms with E-state index >= 15 is 0 Å². The number of para-hydroxylation sites is 2. The molecule has 3 aromatic carbocycles. The number of aryl methyl sites for hydroxylation is 1. The van der Waals surface area contributed by atoms with Crippen molar-refractivity contribution in [1.82, 2.24) is 4.57 Å². The number of amides is 1. The molecule has 0 bridgehead atoms. The zero-order valence-electron chi connectivity index (χ0n) is 16.6. The fourth-order valence-corrected chi connectivity index (χ4v) is 5.08. The summed E-state index contributed by atoms with van der Waals surface area (Å²) in [5, 5.41) is 3.55. The van der Waals surface area contributed by atoms with E-state index in [0.29, 0.717) is 10.9 Å². The summed E-state index contributed by atoms with van der Waals surface area (Å²) in [5.74, 6) is -0.208. The van der Waals surface area contributed by atoms with Crippen LogP contribution in [0.1, 0.15) is 12.5 Å². The molecule has 0 spiro atoms. The first kappa shape index (κ1) is 19.9. The van der Waals surface area contributed by atoms with Crippen LogP contribution in [0.15, 0.2) is 94.9 Å². The van der Waals surface area contributed by atoms with Gasteiger partial charge in [-0.2, -0.15) is 0 Å². The molecule has 0 aliphatic carbocycles. The zero-order valence-corrected chi connectivity index (χ0v) is 17.4. The molecule has 0 radical (unpaired) electrons. The van der Waals surface area contributed by atoms with Gasteiger partial charge in [0.15, 0.2) is 0 Å². The topological polar surface area (TPSA) is 68.2 Å². The molecule has 4 rings (SSSR count). The molecular weight excluding hydrogens is 396 g/mol. The van der Waals surface area contributed by atoms with Crippen LogP contribution in [0.25, 0.3) is 10.9 Å². The molecule has 0 saturated carbocycles. The van der Waals surface area contributed by atoms with Crippen LogP contribution in [-0.2, 0) is 27.6 Å². The number of sulfone groups is 1. The summed E-state index contributed by atoms with van der Waals surface area (Å²) in [6.45, 7) is 2.05. The smallest absolute Gasteiger partial charge is 0.244 e. The number of rotatable bonds is 6. The summed E-state index contributed by atoms with van der Waals surface area (Å²) in [5.41, 5.74) is 2.53. The van der Waals surface area contributed by atoms with Crippen LogP contribution in [0.2, 0.25) is 0 Å². The first-order valence-corrected chi connectivity index (χ1v) is 11.2. The van der Waals surface area contributed by atoms with E-state index in [1.165, 1.54) is 0 Å². The van der Waals surface area contributed by atoms with E-state index in [-0.39, 0.29) is 22.2 Å². The molecular formula is C24H22N2O3S. The molecule has 0 atom stereocenters. The van der Waals surface area contributed by atoms with Gasteiger partial charge in [0.1, 0.15) is 6.54 Å². The minimum atomic E-state index is -3.70. The Morgan fingerprint density at radius 2 is 1.57 bits per heavy atom. The lowest BCUT2D eigenvalue weighted by Crippen LogP contribution is -2.19. The van der Waals surface area contributed by atoms with Crippen molar-refractivity contribution in [2.45, 2.75) is 29.7 Å². The number of fused-ring (bicyclic) bond motifs is 1. The van der Waals surface area contributed by atoms with Gasteiger partial charge in [-0.25, -0.2) is 8.42 Å². The van der Waals surface area contributed by atoms with Gasteiger partial charge in [0, 0.05) is 22.8 Å². The summed E-state index contributed by atoms with van der Waals surface area (Å²) < 4.78 is 28.1. The number of nitrogens with one attached hydrogen (secondary N) is 1. The largest absolute Gasteiger partial charge is 0.337 e. The summed E-state index contributed by atoms with van der Waals surface area (Å²) in [7, 11) is -3.70. The lowest BCUT2D eigenvalue weighted by atomic mass is 10.1. The Morgan fingerprint density at radius 1 is 0.900 bits per heavy atom. The summed E-state index contributed by atoms with van der Waals surface area (Å²) in [4.78, 5) is 13.2.